The van der Waals surface area contributed by atoms with Crippen molar-refractivity contribution in [2.45, 2.75) is 25.8 Å². The lowest BCUT2D eigenvalue weighted by molar-refractivity contribution is -0.128. The second-order valence-corrected chi connectivity index (χ2v) is 6.62. The zero-order valence-electron chi connectivity index (χ0n) is 14.5. The molecular weight excluding hydrogens is 290 g/mol. The van der Waals surface area contributed by atoms with Crippen molar-refractivity contribution in [2.24, 2.45) is 5.92 Å². The number of hydrogen-bond acceptors (Lipinski definition) is 3. The summed E-state index contributed by atoms with van der Waals surface area (Å²) >= 11 is 0. The molecule has 1 aliphatic rings. The van der Waals surface area contributed by atoms with Crippen molar-refractivity contribution in [1.82, 2.24) is 15.1 Å². The SMILES string of the molecule is Cc1ccc([C@@H]2[C@H](C(=O)NCCCN(C)C)CC(=O)N2C)cc1. The highest BCUT2D eigenvalue weighted by atomic mass is 16.2. The first kappa shape index (κ1) is 17.5. The summed E-state index contributed by atoms with van der Waals surface area (Å²) < 4.78 is 0. The average molecular weight is 317 g/mol. The van der Waals surface area contributed by atoms with Crippen LogP contribution in [0.5, 0.6) is 0 Å². The third-order valence-corrected chi connectivity index (χ3v) is 4.42. The molecule has 0 aromatic heterocycles. The van der Waals surface area contributed by atoms with Gasteiger partial charge in [-0.3, -0.25) is 9.59 Å². The van der Waals surface area contributed by atoms with Crippen LogP contribution in [0.3, 0.4) is 0 Å². The highest BCUT2D eigenvalue weighted by molar-refractivity contribution is 5.90. The van der Waals surface area contributed by atoms with Gasteiger partial charge in [-0.2, -0.15) is 0 Å². The van der Waals surface area contributed by atoms with Crippen LogP contribution in [0.15, 0.2) is 24.3 Å². The van der Waals surface area contributed by atoms with Crippen LogP contribution in [-0.4, -0.2) is 55.8 Å². The molecule has 5 heteroatoms. The predicted molar refractivity (Wildman–Crippen MR) is 91.0 cm³/mol. The van der Waals surface area contributed by atoms with E-state index in [1.807, 2.05) is 45.3 Å². The molecule has 1 heterocycles. The molecule has 2 rings (SSSR count). The summed E-state index contributed by atoms with van der Waals surface area (Å²) in [5.41, 5.74) is 2.20. The van der Waals surface area contributed by atoms with Gasteiger partial charge in [-0.15, -0.1) is 0 Å². The lowest BCUT2D eigenvalue weighted by Gasteiger charge is -2.25. The number of nitrogens with zero attached hydrogens (tertiary/aromatic N) is 2. The minimum atomic E-state index is -0.311. The molecule has 0 saturated carbocycles. The van der Waals surface area contributed by atoms with Crippen molar-refractivity contribution in [1.29, 1.82) is 0 Å². The van der Waals surface area contributed by atoms with Crippen LogP contribution in [0.25, 0.3) is 0 Å². The molecule has 0 spiro atoms. The molecule has 1 aromatic rings. The van der Waals surface area contributed by atoms with Crippen LogP contribution in [0, 0.1) is 12.8 Å². The Labute approximate surface area is 138 Å². The molecule has 126 valence electrons. The number of amides is 2. The second kappa shape index (κ2) is 7.59. The number of carbonyl (C=O) groups excluding carboxylic acids is 2. The molecule has 1 N–H and O–H groups in total. The Kier molecular flexibility index (Phi) is 5.77. The van der Waals surface area contributed by atoms with Crippen LogP contribution in [-0.2, 0) is 9.59 Å². The highest BCUT2D eigenvalue weighted by Crippen LogP contribution is 2.37. The zero-order chi connectivity index (χ0) is 17.0. The van der Waals surface area contributed by atoms with Crippen molar-refractivity contribution in [3.05, 3.63) is 35.4 Å². The van der Waals surface area contributed by atoms with Crippen LogP contribution < -0.4 is 5.32 Å². The molecule has 23 heavy (non-hydrogen) atoms. The van der Waals surface area contributed by atoms with Gasteiger partial charge in [-0.25, -0.2) is 0 Å². The average Bonchev–Trinajstić information content (AvgIpc) is 2.80. The number of aryl methyl sites for hydroxylation is 1. The Hall–Kier alpha value is -1.88. The van der Waals surface area contributed by atoms with E-state index in [2.05, 4.69) is 10.2 Å². The summed E-state index contributed by atoms with van der Waals surface area (Å²) in [6.07, 6.45) is 1.19. The van der Waals surface area contributed by atoms with Crippen LogP contribution in [0.4, 0.5) is 0 Å². The molecule has 1 aromatic carbocycles. The summed E-state index contributed by atoms with van der Waals surface area (Å²) in [6.45, 7) is 3.61. The maximum absolute atomic E-state index is 12.5. The van der Waals surface area contributed by atoms with E-state index in [0.29, 0.717) is 6.54 Å². The van der Waals surface area contributed by atoms with Gasteiger partial charge in [0.15, 0.2) is 0 Å². The number of rotatable bonds is 6. The fourth-order valence-corrected chi connectivity index (χ4v) is 3.06. The Morgan fingerprint density at radius 1 is 1.30 bits per heavy atom. The summed E-state index contributed by atoms with van der Waals surface area (Å²) in [5.74, 6) is -0.300. The molecule has 0 radical (unpaired) electrons. The Balaban J connectivity index is 2.04. The number of benzene rings is 1. The molecule has 0 aliphatic carbocycles. The molecule has 2 amide bonds. The number of carbonyl (C=O) groups is 2. The molecule has 1 fully saturated rings. The molecule has 1 aliphatic heterocycles. The first-order valence-electron chi connectivity index (χ1n) is 8.15. The first-order valence-corrected chi connectivity index (χ1v) is 8.15. The topological polar surface area (TPSA) is 52.7 Å². The van der Waals surface area contributed by atoms with Gasteiger partial charge in [0.1, 0.15) is 0 Å². The van der Waals surface area contributed by atoms with Gasteiger partial charge >= 0.3 is 0 Å². The number of likely N-dealkylation sites (tertiary alicyclic amines) is 1. The molecule has 1 saturated heterocycles. The van der Waals surface area contributed by atoms with Crippen LogP contribution in [0.2, 0.25) is 0 Å². The van der Waals surface area contributed by atoms with E-state index in [1.165, 1.54) is 5.56 Å². The van der Waals surface area contributed by atoms with Crippen molar-refractivity contribution in [2.75, 3.05) is 34.2 Å². The Morgan fingerprint density at radius 2 is 1.96 bits per heavy atom. The molecule has 0 unspecified atom stereocenters. The van der Waals surface area contributed by atoms with E-state index in [9.17, 15) is 9.59 Å². The fourth-order valence-electron chi connectivity index (χ4n) is 3.06. The maximum Gasteiger partial charge on any atom is 0.226 e. The van der Waals surface area contributed by atoms with E-state index in [-0.39, 0.29) is 30.2 Å². The summed E-state index contributed by atoms with van der Waals surface area (Å²) in [4.78, 5) is 28.4. The quantitative estimate of drug-likeness (QED) is 0.811. The normalized spacial score (nSPS) is 21.1. The van der Waals surface area contributed by atoms with E-state index in [4.69, 9.17) is 0 Å². The van der Waals surface area contributed by atoms with Crippen molar-refractivity contribution in [3.8, 4) is 0 Å². The minimum Gasteiger partial charge on any atom is -0.356 e. The standard InChI is InChI=1S/C18H27N3O2/c1-13-6-8-14(9-7-13)17-15(12-16(22)21(17)4)18(23)19-10-5-11-20(2)3/h6-9,15,17H,5,10-12H2,1-4H3,(H,19,23)/t15-,17-/m1/s1. The Bertz CT molecular complexity index is 554. The predicted octanol–water partition coefficient (Wildman–Crippen LogP) is 1.58. The maximum atomic E-state index is 12.5. The van der Waals surface area contributed by atoms with Crippen molar-refractivity contribution in [3.63, 3.8) is 0 Å². The van der Waals surface area contributed by atoms with Gasteiger partial charge in [-0.05, 0) is 39.5 Å². The summed E-state index contributed by atoms with van der Waals surface area (Å²) in [5, 5.41) is 2.99. The smallest absolute Gasteiger partial charge is 0.226 e. The third kappa shape index (κ3) is 4.32. The molecule has 2 atom stereocenters. The Morgan fingerprint density at radius 3 is 2.57 bits per heavy atom. The van der Waals surface area contributed by atoms with Gasteiger partial charge in [0, 0.05) is 20.0 Å². The van der Waals surface area contributed by atoms with E-state index in [1.54, 1.807) is 11.9 Å². The van der Waals surface area contributed by atoms with Crippen molar-refractivity contribution < 1.29 is 9.59 Å². The van der Waals surface area contributed by atoms with Crippen LogP contribution in [0.1, 0.15) is 30.0 Å². The van der Waals surface area contributed by atoms with Gasteiger partial charge in [0.05, 0.1) is 12.0 Å². The lowest BCUT2D eigenvalue weighted by Crippen LogP contribution is -2.35. The lowest BCUT2D eigenvalue weighted by atomic mass is 9.92. The molecule has 0 bridgehead atoms. The van der Waals surface area contributed by atoms with Crippen LogP contribution >= 0.6 is 0 Å². The summed E-state index contributed by atoms with van der Waals surface area (Å²) in [7, 11) is 5.81. The largest absolute Gasteiger partial charge is 0.356 e. The molecule has 5 nitrogen and oxygen atoms in total. The fraction of sp³-hybridized carbons (Fsp3) is 0.556. The van der Waals surface area contributed by atoms with E-state index >= 15 is 0 Å². The second-order valence-electron chi connectivity index (χ2n) is 6.62. The van der Waals surface area contributed by atoms with Gasteiger partial charge in [0.2, 0.25) is 11.8 Å². The first-order chi connectivity index (χ1) is 10.9. The molecular formula is C18H27N3O2. The van der Waals surface area contributed by atoms with E-state index < -0.39 is 0 Å². The van der Waals surface area contributed by atoms with Crippen molar-refractivity contribution >= 4 is 11.8 Å². The number of hydrogen-bond donors (Lipinski definition) is 1. The van der Waals surface area contributed by atoms with Gasteiger partial charge in [-0.1, -0.05) is 29.8 Å². The zero-order valence-corrected chi connectivity index (χ0v) is 14.5. The number of nitrogens with one attached hydrogen (secondary N) is 1. The third-order valence-electron chi connectivity index (χ3n) is 4.42. The van der Waals surface area contributed by atoms with Gasteiger partial charge in [0.25, 0.3) is 0 Å². The highest BCUT2D eigenvalue weighted by Gasteiger charge is 2.42. The van der Waals surface area contributed by atoms with E-state index in [0.717, 1.165) is 18.5 Å². The monoisotopic (exact) mass is 317 g/mol. The minimum absolute atomic E-state index is 0.0213. The van der Waals surface area contributed by atoms with Gasteiger partial charge < -0.3 is 15.1 Å². The summed E-state index contributed by atoms with van der Waals surface area (Å²) in [6, 6.07) is 7.91.